The number of halogens is 1. The molecule has 0 spiro atoms. The van der Waals surface area contributed by atoms with E-state index in [1.54, 1.807) is 28.8 Å². The van der Waals surface area contributed by atoms with Crippen molar-refractivity contribution in [2.75, 3.05) is 18.5 Å². The van der Waals surface area contributed by atoms with Crippen LogP contribution in [0.4, 0.5) is 15.8 Å². The summed E-state index contributed by atoms with van der Waals surface area (Å²) in [5.74, 6) is -0.312. The molecule has 0 radical (unpaired) electrons. The zero-order valence-electron chi connectivity index (χ0n) is 15.7. The number of benzene rings is 2. The van der Waals surface area contributed by atoms with Crippen LogP contribution in [0, 0.1) is 5.82 Å². The number of nitrogens with zero attached hydrogens (tertiary/aromatic N) is 3. The van der Waals surface area contributed by atoms with Crippen LogP contribution >= 0.6 is 23.5 Å². The van der Waals surface area contributed by atoms with Gasteiger partial charge in [0, 0.05) is 18.5 Å². The minimum absolute atomic E-state index is 0.0125. The molecule has 0 aromatic heterocycles. The quantitative estimate of drug-likeness (QED) is 0.611. The third kappa shape index (κ3) is 3.56. The molecule has 1 saturated heterocycles. The molecule has 2 aromatic carbocycles. The molecular formula is C21H20FN3OS2. The Bertz CT molecular complexity index is 972. The van der Waals surface area contributed by atoms with E-state index in [0.29, 0.717) is 22.3 Å². The molecule has 0 saturated carbocycles. The Balaban J connectivity index is 1.71. The van der Waals surface area contributed by atoms with E-state index in [1.165, 1.54) is 23.9 Å². The second-order valence-corrected chi connectivity index (χ2v) is 8.55. The molecule has 2 aliphatic heterocycles. The molecule has 0 N–H and O–H groups in total. The Morgan fingerprint density at radius 2 is 1.82 bits per heavy atom. The van der Waals surface area contributed by atoms with Gasteiger partial charge in [-0.2, -0.15) is 0 Å². The summed E-state index contributed by atoms with van der Waals surface area (Å²) in [4.78, 5) is 23.5. The van der Waals surface area contributed by atoms with Gasteiger partial charge in [0.2, 0.25) is 0 Å². The molecule has 4 nitrogen and oxygen atoms in total. The predicted octanol–water partition coefficient (Wildman–Crippen LogP) is 5.60. The van der Waals surface area contributed by atoms with Crippen LogP contribution in [-0.4, -0.2) is 29.6 Å². The van der Waals surface area contributed by atoms with Gasteiger partial charge in [-0.25, -0.2) is 9.38 Å². The van der Waals surface area contributed by atoms with Gasteiger partial charge in [-0.15, -0.1) is 0 Å². The van der Waals surface area contributed by atoms with Crippen LogP contribution in [0.25, 0.3) is 0 Å². The van der Waals surface area contributed by atoms with Crippen molar-refractivity contribution in [3.8, 4) is 0 Å². The van der Waals surface area contributed by atoms with Crippen LogP contribution < -0.4 is 4.90 Å². The summed E-state index contributed by atoms with van der Waals surface area (Å²) >= 11 is 3.01. The van der Waals surface area contributed by atoms with Gasteiger partial charge in [-0.05, 0) is 54.6 Å². The highest BCUT2D eigenvalue weighted by Gasteiger charge is 2.38. The van der Waals surface area contributed by atoms with E-state index in [2.05, 4.69) is 28.9 Å². The van der Waals surface area contributed by atoms with E-state index in [1.807, 2.05) is 19.2 Å². The summed E-state index contributed by atoms with van der Waals surface area (Å²) in [7, 11) is 1.99. The summed E-state index contributed by atoms with van der Waals surface area (Å²) in [5.41, 5.74) is 1.74. The summed E-state index contributed by atoms with van der Waals surface area (Å²) < 4.78 is 13.2. The smallest absolute Gasteiger partial charge is 0.269 e. The number of para-hydroxylation sites is 1. The molecule has 1 fully saturated rings. The molecule has 7 heteroatoms. The zero-order valence-corrected chi connectivity index (χ0v) is 17.3. The molecule has 0 aliphatic carbocycles. The summed E-state index contributed by atoms with van der Waals surface area (Å²) in [5, 5.41) is 1.58. The van der Waals surface area contributed by atoms with Crippen molar-refractivity contribution in [2.24, 2.45) is 4.99 Å². The maximum absolute atomic E-state index is 13.2. The second-order valence-electron chi connectivity index (χ2n) is 6.55. The van der Waals surface area contributed by atoms with Gasteiger partial charge in [0.25, 0.3) is 5.91 Å². The fourth-order valence-electron chi connectivity index (χ4n) is 3.06. The van der Waals surface area contributed by atoms with E-state index >= 15 is 0 Å². The summed E-state index contributed by atoms with van der Waals surface area (Å²) in [6.07, 6.45) is 1.89. The number of hydrogen-bond acceptors (Lipinski definition) is 5. The van der Waals surface area contributed by atoms with Gasteiger partial charge < -0.3 is 4.90 Å². The van der Waals surface area contributed by atoms with Gasteiger partial charge >= 0.3 is 0 Å². The average molecular weight is 414 g/mol. The van der Waals surface area contributed by atoms with E-state index in [9.17, 15) is 9.18 Å². The van der Waals surface area contributed by atoms with Gasteiger partial charge in [0.1, 0.15) is 10.7 Å². The van der Waals surface area contributed by atoms with E-state index < -0.39 is 0 Å². The lowest BCUT2D eigenvalue weighted by Gasteiger charge is -2.16. The fraction of sp³-hybridized carbons (Fsp3) is 0.238. The van der Waals surface area contributed by atoms with Gasteiger partial charge in [0.15, 0.2) is 5.17 Å². The van der Waals surface area contributed by atoms with Crippen LogP contribution in [0.2, 0.25) is 0 Å². The van der Waals surface area contributed by atoms with Crippen molar-refractivity contribution >= 4 is 46.0 Å². The number of amidine groups is 1. The molecule has 2 aliphatic rings. The number of carbonyl (C=O) groups is 1. The van der Waals surface area contributed by atoms with Crippen molar-refractivity contribution in [1.82, 2.24) is 4.90 Å². The first-order chi connectivity index (χ1) is 13.6. The van der Waals surface area contributed by atoms with Crippen molar-refractivity contribution in [3.05, 3.63) is 64.3 Å². The van der Waals surface area contributed by atoms with E-state index in [-0.39, 0.29) is 11.7 Å². The number of unbranched alkanes of at least 4 members (excludes halogenated alkanes) is 1. The van der Waals surface area contributed by atoms with Crippen molar-refractivity contribution in [3.63, 3.8) is 0 Å². The van der Waals surface area contributed by atoms with Crippen molar-refractivity contribution < 1.29 is 9.18 Å². The first-order valence-electron chi connectivity index (χ1n) is 9.17. The van der Waals surface area contributed by atoms with Crippen LogP contribution in [0.1, 0.15) is 19.8 Å². The lowest BCUT2D eigenvalue weighted by Crippen LogP contribution is -2.30. The van der Waals surface area contributed by atoms with Crippen LogP contribution in [-0.2, 0) is 4.79 Å². The zero-order chi connectivity index (χ0) is 19.7. The Kier molecular flexibility index (Phi) is 5.46. The predicted molar refractivity (Wildman–Crippen MR) is 115 cm³/mol. The third-order valence-electron chi connectivity index (χ3n) is 4.58. The number of hydrogen-bond donors (Lipinski definition) is 0. The lowest BCUT2D eigenvalue weighted by molar-refractivity contribution is -0.122. The molecule has 28 heavy (non-hydrogen) atoms. The molecule has 2 heterocycles. The van der Waals surface area contributed by atoms with Gasteiger partial charge in [-0.1, -0.05) is 37.2 Å². The summed E-state index contributed by atoms with van der Waals surface area (Å²) in [6.45, 7) is 2.72. The molecule has 1 amide bonds. The van der Waals surface area contributed by atoms with Crippen LogP contribution in [0.3, 0.4) is 0 Å². The number of carbonyl (C=O) groups excluding carboxylic acids is 1. The van der Waals surface area contributed by atoms with E-state index in [4.69, 9.17) is 0 Å². The lowest BCUT2D eigenvalue weighted by atomic mass is 10.3. The Morgan fingerprint density at radius 1 is 1.07 bits per heavy atom. The Labute approximate surface area is 172 Å². The van der Waals surface area contributed by atoms with Crippen molar-refractivity contribution in [2.45, 2.75) is 24.7 Å². The van der Waals surface area contributed by atoms with Gasteiger partial charge in [-0.3, -0.25) is 9.69 Å². The highest BCUT2D eigenvalue weighted by atomic mass is 32.2. The van der Waals surface area contributed by atoms with Gasteiger partial charge in [0.05, 0.1) is 16.4 Å². The number of amides is 1. The fourth-order valence-corrected chi connectivity index (χ4v) is 5.43. The van der Waals surface area contributed by atoms with Crippen LogP contribution in [0.15, 0.2) is 68.4 Å². The first kappa shape index (κ1) is 19.1. The minimum Gasteiger partial charge on any atom is -0.337 e. The molecular weight excluding hydrogens is 393 g/mol. The molecule has 0 bridgehead atoms. The molecule has 0 atom stereocenters. The van der Waals surface area contributed by atoms with Crippen LogP contribution in [0.5, 0.6) is 0 Å². The van der Waals surface area contributed by atoms with E-state index in [0.717, 1.165) is 28.5 Å². The monoisotopic (exact) mass is 413 g/mol. The average Bonchev–Trinajstić information content (AvgIpc) is 3.19. The first-order valence-corrected chi connectivity index (χ1v) is 10.8. The highest BCUT2D eigenvalue weighted by molar-refractivity contribution is 8.19. The molecule has 144 valence electrons. The Morgan fingerprint density at radius 3 is 2.54 bits per heavy atom. The standard InChI is InChI=1S/C21H20FN3OS2/c1-3-4-13-25-19(26)18(20-24(2)16-7-5-6-8-17(16)27-20)28-21(25)23-15-11-9-14(22)10-12-15/h5-12H,3-4,13H2,1-2H3/b20-18-,23-21?. The largest absolute Gasteiger partial charge is 0.337 e. The number of anilines is 1. The third-order valence-corrected chi connectivity index (χ3v) is 7.01. The minimum atomic E-state index is -0.300. The van der Waals surface area contributed by atoms with Crippen molar-refractivity contribution in [1.29, 1.82) is 0 Å². The maximum Gasteiger partial charge on any atom is 0.269 e. The molecule has 2 aromatic rings. The second kappa shape index (κ2) is 8.01. The highest BCUT2D eigenvalue weighted by Crippen LogP contribution is 2.49. The maximum atomic E-state index is 13.2. The number of thioether (sulfide) groups is 2. The molecule has 4 rings (SSSR count). The molecule has 0 unspecified atom stereocenters. The topological polar surface area (TPSA) is 35.9 Å². The Hall–Kier alpha value is -2.25. The SMILES string of the molecule is CCCCN1C(=O)/C(=C2/Sc3ccccc3N2C)SC1=Nc1ccc(F)cc1. The number of fused-ring (bicyclic) bond motifs is 1. The number of rotatable bonds is 4. The number of aliphatic imine (C=N–C) groups is 1. The summed E-state index contributed by atoms with van der Waals surface area (Å²) in [6, 6.07) is 14.2. The normalized spacial score (nSPS) is 20.4.